The normalized spacial score (nSPS) is 15.3. The van der Waals surface area contributed by atoms with Crippen molar-refractivity contribution in [2.24, 2.45) is 11.7 Å². The maximum absolute atomic E-state index is 11.5. The highest BCUT2D eigenvalue weighted by Gasteiger charge is 2.18. The molecule has 0 aliphatic heterocycles. The van der Waals surface area contributed by atoms with Gasteiger partial charge in [-0.3, -0.25) is 4.79 Å². The van der Waals surface area contributed by atoms with Crippen LogP contribution < -0.4 is 11.1 Å². The number of nitrogens with one attached hydrogen (secondary N) is 1. The summed E-state index contributed by atoms with van der Waals surface area (Å²) in [6.07, 6.45) is 0.813. The van der Waals surface area contributed by atoms with E-state index in [2.05, 4.69) is 5.32 Å². The molecule has 14 heavy (non-hydrogen) atoms. The zero-order valence-corrected chi connectivity index (χ0v) is 9.54. The lowest BCUT2D eigenvalue weighted by molar-refractivity contribution is -0.123. The predicted molar refractivity (Wildman–Crippen MR) is 56.9 cm³/mol. The largest absolute Gasteiger partial charge is 0.385 e. The molecule has 1 amide bonds. The first-order valence-corrected chi connectivity index (χ1v) is 5.04. The lowest BCUT2D eigenvalue weighted by Gasteiger charge is -2.19. The van der Waals surface area contributed by atoms with Crippen LogP contribution in [-0.2, 0) is 9.53 Å². The molecule has 0 heterocycles. The summed E-state index contributed by atoms with van der Waals surface area (Å²) < 4.78 is 4.92. The fourth-order valence-electron chi connectivity index (χ4n) is 1.01. The summed E-state index contributed by atoms with van der Waals surface area (Å²) in [5.74, 6) is 0.0910. The van der Waals surface area contributed by atoms with Crippen molar-refractivity contribution >= 4 is 5.91 Å². The second kappa shape index (κ2) is 6.79. The van der Waals surface area contributed by atoms with Gasteiger partial charge in [0.15, 0.2) is 0 Å². The molecule has 0 aliphatic rings. The lowest BCUT2D eigenvalue weighted by atomic mass is 10.0. The van der Waals surface area contributed by atoms with Crippen LogP contribution in [0.2, 0.25) is 0 Å². The van der Waals surface area contributed by atoms with E-state index in [1.807, 2.05) is 20.8 Å². The number of rotatable bonds is 6. The van der Waals surface area contributed by atoms with E-state index in [1.54, 1.807) is 7.11 Å². The molecule has 0 rings (SSSR count). The van der Waals surface area contributed by atoms with Crippen LogP contribution in [0.15, 0.2) is 0 Å². The number of ether oxygens (including phenoxy) is 1. The highest BCUT2D eigenvalue weighted by Crippen LogP contribution is 1.99. The minimum Gasteiger partial charge on any atom is -0.385 e. The number of amides is 1. The van der Waals surface area contributed by atoms with E-state index < -0.39 is 6.04 Å². The molecular formula is C10H22N2O2. The average Bonchev–Trinajstić information content (AvgIpc) is 2.13. The van der Waals surface area contributed by atoms with Crippen LogP contribution >= 0.6 is 0 Å². The molecule has 0 aromatic heterocycles. The Hall–Kier alpha value is -0.610. The Bertz CT molecular complexity index is 172. The molecule has 0 radical (unpaired) electrons. The van der Waals surface area contributed by atoms with Gasteiger partial charge in [0, 0.05) is 19.8 Å². The maximum atomic E-state index is 11.5. The molecule has 0 saturated carbocycles. The topological polar surface area (TPSA) is 64.3 Å². The van der Waals surface area contributed by atoms with E-state index in [4.69, 9.17) is 10.5 Å². The van der Waals surface area contributed by atoms with Crippen molar-refractivity contribution < 1.29 is 9.53 Å². The quantitative estimate of drug-likeness (QED) is 0.659. The van der Waals surface area contributed by atoms with Crippen molar-refractivity contribution in [3.63, 3.8) is 0 Å². The first kappa shape index (κ1) is 13.4. The number of carbonyl (C=O) groups excluding carboxylic acids is 1. The minimum absolute atomic E-state index is 0.0800. The molecule has 0 aliphatic carbocycles. The van der Waals surface area contributed by atoms with Gasteiger partial charge in [-0.25, -0.2) is 0 Å². The highest BCUT2D eigenvalue weighted by molar-refractivity contribution is 5.81. The first-order valence-electron chi connectivity index (χ1n) is 5.04. The lowest BCUT2D eigenvalue weighted by Crippen LogP contribution is -2.47. The zero-order valence-electron chi connectivity index (χ0n) is 9.54. The Morgan fingerprint density at radius 3 is 2.43 bits per heavy atom. The molecule has 84 valence electrons. The number of hydrogen-bond acceptors (Lipinski definition) is 3. The molecule has 0 aromatic carbocycles. The van der Waals surface area contributed by atoms with Crippen molar-refractivity contribution in [3.8, 4) is 0 Å². The summed E-state index contributed by atoms with van der Waals surface area (Å²) in [4.78, 5) is 11.5. The van der Waals surface area contributed by atoms with E-state index in [0.717, 1.165) is 6.42 Å². The van der Waals surface area contributed by atoms with Gasteiger partial charge >= 0.3 is 0 Å². The number of carbonyl (C=O) groups is 1. The second-order valence-corrected chi connectivity index (χ2v) is 3.96. The van der Waals surface area contributed by atoms with Crippen molar-refractivity contribution in [3.05, 3.63) is 0 Å². The molecular weight excluding hydrogens is 180 g/mol. The standard InChI is InChI=1S/C10H22N2O2/c1-7(2)9(11)10(13)12-8(3)5-6-14-4/h7-9H,5-6,11H2,1-4H3,(H,12,13)/t8?,9-/m0/s1. The molecule has 4 nitrogen and oxygen atoms in total. The van der Waals surface area contributed by atoms with Crippen molar-refractivity contribution in [1.29, 1.82) is 0 Å². The molecule has 0 aromatic rings. The molecule has 2 atom stereocenters. The van der Waals surface area contributed by atoms with Crippen LogP contribution in [0.5, 0.6) is 0 Å². The monoisotopic (exact) mass is 202 g/mol. The van der Waals surface area contributed by atoms with Gasteiger partial charge in [-0.15, -0.1) is 0 Å². The third kappa shape index (κ3) is 5.19. The van der Waals surface area contributed by atoms with Gasteiger partial charge in [0.2, 0.25) is 5.91 Å². The Morgan fingerprint density at radius 1 is 1.43 bits per heavy atom. The molecule has 3 N–H and O–H groups in total. The highest BCUT2D eigenvalue weighted by atomic mass is 16.5. The van der Waals surface area contributed by atoms with Gasteiger partial charge in [-0.1, -0.05) is 13.8 Å². The fourth-order valence-corrected chi connectivity index (χ4v) is 1.01. The summed E-state index contributed by atoms with van der Waals surface area (Å²) in [6, 6.07) is -0.299. The van der Waals surface area contributed by atoms with E-state index in [0.29, 0.717) is 6.61 Å². The molecule has 0 bridgehead atoms. The van der Waals surface area contributed by atoms with Crippen LogP contribution in [0.25, 0.3) is 0 Å². The first-order chi connectivity index (χ1) is 6.49. The Kier molecular flexibility index (Phi) is 6.49. The van der Waals surface area contributed by atoms with Crippen molar-refractivity contribution in [2.75, 3.05) is 13.7 Å². The SMILES string of the molecule is COCCC(C)NC(=O)[C@@H](N)C(C)C. The summed E-state index contributed by atoms with van der Waals surface area (Å²) in [7, 11) is 1.65. The summed E-state index contributed by atoms with van der Waals surface area (Å²) >= 11 is 0. The van der Waals surface area contributed by atoms with Crippen LogP contribution in [0.4, 0.5) is 0 Å². The minimum atomic E-state index is -0.417. The van der Waals surface area contributed by atoms with Crippen LogP contribution in [0.1, 0.15) is 27.2 Å². The maximum Gasteiger partial charge on any atom is 0.237 e. The van der Waals surface area contributed by atoms with Gasteiger partial charge < -0.3 is 15.8 Å². The molecule has 1 unspecified atom stereocenters. The molecule has 4 heteroatoms. The number of methoxy groups -OCH3 is 1. The average molecular weight is 202 g/mol. The second-order valence-electron chi connectivity index (χ2n) is 3.96. The van der Waals surface area contributed by atoms with Gasteiger partial charge in [0.1, 0.15) is 0 Å². The van der Waals surface area contributed by atoms with E-state index in [-0.39, 0.29) is 17.9 Å². The predicted octanol–water partition coefficient (Wildman–Crippen LogP) is 0.511. The van der Waals surface area contributed by atoms with Gasteiger partial charge in [-0.2, -0.15) is 0 Å². The summed E-state index contributed by atoms with van der Waals surface area (Å²) in [6.45, 7) is 6.47. The van der Waals surface area contributed by atoms with Gasteiger partial charge in [0.05, 0.1) is 6.04 Å². The molecule has 0 saturated heterocycles. The Balaban J connectivity index is 3.81. The van der Waals surface area contributed by atoms with Gasteiger partial charge in [-0.05, 0) is 19.3 Å². The number of nitrogens with two attached hydrogens (primary N) is 1. The van der Waals surface area contributed by atoms with E-state index in [1.165, 1.54) is 0 Å². The molecule has 0 spiro atoms. The van der Waals surface area contributed by atoms with Crippen LogP contribution in [0, 0.1) is 5.92 Å². The Morgan fingerprint density at radius 2 is 2.00 bits per heavy atom. The zero-order chi connectivity index (χ0) is 11.1. The third-order valence-corrected chi connectivity index (χ3v) is 2.16. The van der Waals surface area contributed by atoms with E-state index in [9.17, 15) is 4.79 Å². The van der Waals surface area contributed by atoms with Crippen molar-refractivity contribution in [1.82, 2.24) is 5.32 Å². The number of hydrogen-bond donors (Lipinski definition) is 2. The molecule has 0 fully saturated rings. The summed E-state index contributed by atoms with van der Waals surface area (Å²) in [5, 5.41) is 2.85. The third-order valence-electron chi connectivity index (χ3n) is 2.16. The van der Waals surface area contributed by atoms with Gasteiger partial charge in [0.25, 0.3) is 0 Å². The fraction of sp³-hybridized carbons (Fsp3) is 0.900. The van der Waals surface area contributed by atoms with E-state index >= 15 is 0 Å². The summed E-state index contributed by atoms with van der Waals surface area (Å²) in [5.41, 5.74) is 5.69. The Labute approximate surface area is 86.2 Å². The smallest absolute Gasteiger partial charge is 0.237 e. The van der Waals surface area contributed by atoms with Crippen LogP contribution in [-0.4, -0.2) is 31.7 Å². The van der Waals surface area contributed by atoms with Crippen molar-refractivity contribution in [2.45, 2.75) is 39.3 Å². The van der Waals surface area contributed by atoms with Crippen LogP contribution in [0.3, 0.4) is 0 Å².